The average molecular weight is 287 g/mol. The van der Waals surface area contributed by atoms with Gasteiger partial charge in [0.1, 0.15) is 0 Å². The normalized spacial score (nSPS) is 18.5. The van der Waals surface area contributed by atoms with Crippen LogP contribution in [0.3, 0.4) is 0 Å². The summed E-state index contributed by atoms with van der Waals surface area (Å²) < 4.78 is 10.7. The van der Waals surface area contributed by atoms with E-state index >= 15 is 0 Å². The Labute approximate surface area is 124 Å². The molecule has 0 amide bonds. The van der Waals surface area contributed by atoms with E-state index in [-0.39, 0.29) is 0 Å². The highest BCUT2D eigenvalue weighted by atomic mass is 16.5. The maximum absolute atomic E-state index is 5.36. The zero-order valence-electron chi connectivity index (χ0n) is 12.6. The fourth-order valence-electron chi connectivity index (χ4n) is 2.53. The maximum atomic E-state index is 5.36. The third-order valence-corrected chi connectivity index (χ3v) is 3.76. The molecule has 1 fully saturated rings. The Balaban J connectivity index is 1.56. The Hall–Kier alpha value is -1.72. The lowest BCUT2D eigenvalue weighted by atomic mass is 10.1. The molecule has 5 heteroatoms. The van der Waals surface area contributed by atoms with Gasteiger partial charge in [-0.3, -0.25) is 4.90 Å². The van der Waals surface area contributed by atoms with Crippen LogP contribution in [-0.4, -0.2) is 35.3 Å². The van der Waals surface area contributed by atoms with Gasteiger partial charge in [0.15, 0.2) is 5.82 Å². The van der Waals surface area contributed by atoms with Crippen molar-refractivity contribution in [3.8, 4) is 0 Å². The molecule has 2 heterocycles. The molecule has 0 N–H and O–H groups in total. The van der Waals surface area contributed by atoms with Crippen LogP contribution in [0.25, 0.3) is 0 Å². The van der Waals surface area contributed by atoms with Crippen molar-refractivity contribution in [1.82, 2.24) is 15.0 Å². The molecule has 112 valence electrons. The topological polar surface area (TPSA) is 51.4 Å². The Morgan fingerprint density at radius 1 is 1.24 bits per heavy atom. The molecule has 5 nitrogen and oxygen atoms in total. The number of aryl methyl sites for hydroxylation is 1. The highest BCUT2D eigenvalue weighted by Gasteiger charge is 2.23. The Bertz CT molecular complexity index is 573. The third kappa shape index (κ3) is 3.68. The fraction of sp³-hybridized carbons (Fsp3) is 0.500. The van der Waals surface area contributed by atoms with Crippen LogP contribution >= 0.6 is 0 Å². The van der Waals surface area contributed by atoms with Crippen molar-refractivity contribution in [1.29, 1.82) is 0 Å². The first-order chi connectivity index (χ1) is 10.2. The first-order valence-corrected chi connectivity index (χ1v) is 7.35. The summed E-state index contributed by atoms with van der Waals surface area (Å²) in [5.41, 5.74) is 2.56. The van der Waals surface area contributed by atoms with E-state index in [9.17, 15) is 0 Å². The number of hydrogen-bond donors (Lipinski definition) is 0. The number of nitrogens with zero attached hydrogens (tertiary/aromatic N) is 3. The van der Waals surface area contributed by atoms with Gasteiger partial charge in [-0.25, -0.2) is 0 Å². The lowest BCUT2D eigenvalue weighted by Crippen LogP contribution is -2.17. The number of benzene rings is 1. The van der Waals surface area contributed by atoms with Crippen LogP contribution in [0.5, 0.6) is 0 Å². The SMILES string of the molecule is Cc1ccc(CN(C)Cc2nc([C@@H]3CCOC3)no2)cc1. The smallest absolute Gasteiger partial charge is 0.240 e. The number of rotatable bonds is 5. The number of hydrogen-bond acceptors (Lipinski definition) is 5. The van der Waals surface area contributed by atoms with Crippen LogP contribution in [0.2, 0.25) is 0 Å². The second-order valence-electron chi connectivity index (χ2n) is 5.76. The Morgan fingerprint density at radius 2 is 2.05 bits per heavy atom. The van der Waals surface area contributed by atoms with Crippen molar-refractivity contribution in [2.75, 3.05) is 20.3 Å². The molecule has 21 heavy (non-hydrogen) atoms. The number of aromatic nitrogens is 2. The maximum Gasteiger partial charge on any atom is 0.240 e. The molecule has 1 atom stereocenters. The van der Waals surface area contributed by atoms with Gasteiger partial charge in [0.2, 0.25) is 5.89 Å². The summed E-state index contributed by atoms with van der Waals surface area (Å²) in [7, 11) is 2.06. The minimum Gasteiger partial charge on any atom is -0.381 e. The van der Waals surface area contributed by atoms with Crippen LogP contribution in [0.4, 0.5) is 0 Å². The molecule has 2 aromatic rings. The first-order valence-electron chi connectivity index (χ1n) is 7.35. The van der Waals surface area contributed by atoms with Crippen molar-refractivity contribution in [2.24, 2.45) is 0 Å². The van der Waals surface area contributed by atoms with E-state index in [0.29, 0.717) is 25.0 Å². The molecule has 0 spiro atoms. The van der Waals surface area contributed by atoms with Gasteiger partial charge in [0.25, 0.3) is 0 Å². The van der Waals surface area contributed by atoms with E-state index < -0.39 is 0 Å². The predicted octanol–water partition coefficient (Wildman–Crippen LogP) is 2.51. The summed E-state index contributed by atoms with van der Waals surface area (Å²) in [6, 6.07) is 8.57. The van der Waals surface area contributed by atoms with E-state index in [2.05, 4.69) is 53.3 Å². The molecule has 1 aromatic carbocycles. The van der Waals surface area contributed by atoms with Gasteiger partial charge in [-0.15, -0.1) is 0 Å². The molecule has 3 rings (SSSR count). The fourth-order valence-corrected chi connectivity index (χ4v) is 2.53. The van der Waals surface area contributed by atoms with Gasteiger partial charge in [0, 0.05) is 19.1 Å². The van der Waals surface area contributed by atoms with Gasteiger partial charge in [-0.1, -0.05) is 35.0 Å². The molecule has 0 bridgehead atoms. The van der Waals surface area contributed by atoms with Crippen LogP contribution in [-0.2, 0) is 17.8 Å². The van der Waals surface area contributed by atoms with Gasteiger partial charge < -0.3 is 9.26 Å². The molecule has 0 aliphatic carbocycles. The molecule has 0 unspecified atom stereocenters. The number of ether oxygens (including phenoxy) is 1. The van der Waals surface area contributed by atoms with E-state index in [1.807, 2.05) is 0 Å². The second-order valence-corrected chi connectivity index (χ2v) is 5.76. The van der Waals surface area contributed by atoms with E-state index in [0.717, 1.165) is 25.4 Å². The molecule has 0 saturated carbocycles. The van der Waals surface area contributed by atoms with Gasteiger partial charge in [-0.2, -0.15) is 4.98 Å². The van der Waals surface area contributed by atoms with Crippen molar-refractivity contribution in [3.05, 3.63) is 47.1 Å². The van der Waals surface area contributed by atoms with Crippen LogP contribution < -0.4 is 0 Å². The highest BCUT2D eigenvalue weighted by molar-refractivity contribution is 5.21. The monoisotopic (exact) mass is 287 g/mol. The van der Waals surface area contributed by atoms with Crippen molar-refractivity contribution >= 4 is 0 Å². The van der Waals surface area contributed by atoms with E-state index in [1.165, 1.54) is 11.1 Å². The molecule has 1 saturated heterocycles. The van der Waals surface area contributed by atoms with Crippen molar-refractivity contribution in [2.45, 2.75) is 32.4 Å². The van der Waals surface area contributed by atoms with Gasteiger partial charge in [-0.05, 0) is 26.0 Å². The zero-order valence-corrected chi connectivity index (χ0v) is 12.6. The summed E-state index contributed by atoms with van der Waals surface area (Å²) in [5, 5.41) is 4.08. The van der Waals surface area contributed by atoms with E-state index in [1.54, 1.807) is 0 Å². The lowest BCUT2D eigenvalue weighted by Gasteiger charge is -2.14. The zero-order chi connectivity index (χ0) is 14.7. The predicted molar refractivity (Wildman–Crippen MR) is 78.8 cm³/mol. The molecule has 0 radical (unpaired) electrons. The lowest BCUT2D eigenvalue weighted by molar-refractivity contribution is 0.192. The van der Waals surface area contributed by atoms with Crippen LogP contribution in [0.15, 0.2) is 28.8 Å². The summed E-state index contributed by atoms with van der Waals surface area (Å²) in [4.78, 5) is 6.66. The Morgan fingerprint density at radius 3 is 2.76 bits per heavy atom. The van der Waals surface area contributed by atoms with Crippen molar-refractivity contribution < 1.29 is 9.26 Å². The minimum atomic E-state index is 0.296. The quantitative estimate of drug-likeness (QED) is 0.845. The largest absolute Gasteiger partial charge is 0.381 e. The highest BCUT2D eigenvalue weighted by Crippen LogP contribution is 2.22. The second kappa shape index (κ2) is 6.37. The summed E-state index contributed by atoms with van der Waals surface area (Å²) in [5.74, 6) is 1.75. The first kappa shape index (κ1) is 14.2. The van der Waals surface area contributed by atoms with Crippen LogP contribution in [0.1, 0.15) is 35.2 Å². The molecule has 1 aromatic heterocycles. The summed E-state index contributed by atoms with van der Waals surface area (Å²) in [6.07, 6.45) is 0.984. The summed E-state index contributed by atoms with van der Waals surface area (Å²) >= 11 is 0. The molecular formula is C16H21N3O2. The van der Waals surface area contributed by atoms with Crippen LogP contribution in [0, 0.1) is 6.92 Å². The molecular weight excluding hydrogens is 266 g/mol. The standard InChI is InChI=1S/C16H21N3O2/c1-12-3-5-13(6-4-12)9-19(2)10-15-17-16(18-21-15)14-7-8-20-11-14/h3-6,14H,7-11H2,1-2H3/t14-/m1/s1. The van der Waals surface area contributed by atoms with Gasteiger partial charge >= 0.3 is 0 Å². The minimum absolute atomic E-state index is 0.296. The van der Waals surface area contributed by atoms with E-state index in [4.69, 9.17) is 9.26 Å². The van der Waals surface area contributed by atoms with Gasteiger partial charge in [0.05, 0.1) is 13.2 Å². The summed E-state index contributed by atoms with van der Waals surface area (Å²) in [6.45, 7) is 5.12. The molecule has 1 aliphatic heterocycles. The molecule has 1 aliphatic rings. The Kier molecular flexibility index (Phi) is 4.31. The average Bonchev–Trinajstić information content (AvgIpc) is 3.12. The van der Waals surface area contributed by atoms with Crippen molar-refractivity contribution in [3.63, 3.8) is 0 Å². The third-order valence-electron chi connectivity index (χ3n) is 3.76.